The van der Waals surface area contributed by atoms with Gasteiger partial charge in [0.15, 0.2) is 5.78 Å². The monoisotopic (exact) mass is 179 g/mol. The molecule has 0 amide bonds. The standard InChI is InChI=1S/C9H10O.C2H7N/c1-2-9(10)8-6-4-3-5-7-8;1-2-3/h3-7H,2H2,1H3;2-3H2,1H3. The fraction of sp³-hybridized carbons (Fsp3) is 0.364. The summed E-state index contributed by atoms with van der Waals surface area (Å²) in [6.45, 7) is 4.52. The smallest absolute Gasteiger partial charge is 0.162 e. The molecule has 13 heavy (non-hydrogen) atoms. The van der Waals surface area contributed by atoms with Crippen LogP contribution in [-0.4, -0.2) is 12.3 Å². The molecule has 1 aromatic rings. The number of hydrogen-bond donors (Lipinski definition) is 1. The minimum Gasteiger partial charge on any atom is -0.331 e. The van der Waals surface area contributed by atoms with E-state index in [0.29, 0.717) is 6.42 Å². The molecule has 0 radical (unpaired) electrons. The highest BCUT2D eigenvalue weighted by atomic mass is 16.1. The predicted octanol–water partition coefficient (Wildman–Crippen LogP) is 2.24. The zero-order valence-electron chi connectivity index (χ0n) is 8.29. The highest BCUT2D eigenvalue weighted by Crippen LogP contribution is 2.01. The van der Waals surface area contributed by atoms with Crippen LogP contribution >= 0.6 is 0 Å². The van der Waals surface area contributed by atoms with Crippen molar-refractivity contribution >= 4 is 5.78 Å². The number of benzene rings is 1. The lowest BCUT2D eigenvalue weighted by molar-refractivity contribution is 0.0988. The number of hydrogen-bond acceptors (Lipinski definition) is 2. The molecule has 0 saturated carbocycles. The van der Waals surface area contributed by atoms with E-state index in [1.807, 2.05) is 44.2 Å². The van der Waals surface area contributed by atoms with Gasteiger partial charge in [0.05, 0.1) is 0 Å². The van der Waals surface area contributed by atoms with Crippen molar-refractivity contribution in [1.82, 2.24) is 0 Å². The van der Waals surface area contributed by atoms with E-state index < -0.39 is 0 Å². The maximum Gasteiger partial charge on any atom is 0.162 e. The molecule has 1 aromatic carbocycles. The van der Waals surface area contributed by atoms with Gasteiger partial charge >= 0.3 is 0 Å². The van der Waals surface area contributed by atoms with Crippen LogP contribution in [0.2, 0.25) is 0 Å². The zero-order chi connectivity index (χ0) is 10.1. The van der Waals surface area contributed by atoms with Gasteiger partial charge in [-0.1, -0.05) is 44.2 Å². The third-order valence-corrected chi connectivity index (χ3v) is 1.42. The fourth-order valence-electron chi connectivity index (χ4n) is 0.828. The Kier molecular flexibility index (Phi) is 6.83. The molecule has 72 valence electrons. The summed E-state index contributed by atoms with van der Waals surface area (Å²) in [5.74, 6) is 0.209. The Balaban J connectivity index is 0.000000424. The third-order valence-electron chi connectivity index (χ3n) is 1.42. The summed E-state index contributed by atoms with van der Waals surface area (Å²) in [5, 5.41) is 0. The van der Waals surface area contributed by atoms with E-state index >= 15 is 0 Å². The molecule has 0 spiro atoms. The van der Waals surface area contributed by atoms with Gasteiger partial charge in [0.25, 0.3) is 0 Å². The van der Waals surface area contributed by atoms with E-state index in [9.17, 15) is 4.79 Å². The minimum atomic E-state index is 0.209. The molecule has 2 N–H and O–H groups in total. The van der Waals surface area contributed by atoms with Crippen molar-refractivity contribution in [3.05, 3.63) is 35.9 Å². The summed E-state index contributed by atoms with van der Waals surface area (Å²) in [4.78, 5) is 11.0. The molecule has 0 aliphatic rings. The summed E-state index contributed by atoms with van der Waals surface area (Å²) in [6, 6.07) is 9.34. The Bertz CT molecular complexity index is 231. The van der Waals surface area contributed by atoms with Gasteiger partial charge in [0.2, 0.25) is 0 Å². The van der Waals surface area contributed by atoms with Crippen LogP contribution in [0.3, 0.4) is 0 Å². The maximum absolute atomic E-state index is 11.0. The Morgan fingerprint density at radius 2 is 1.69 bits per heavy atom. The lowest BCUT2D eigenvalue weighted by atomic mass is 10.1. The number of Topliss-reactive ketones (excluding diaryl/α,β-unsaturated/α-hetero) is 1. The number of carbonyl (C=O) groups is 1. The molecule has 2 heteroatoms. The van der Waals surface area contributed by atoms with E-state index in [4.69, 9.17) is 5.73 Å². The summed E-state index contributed by atoms with van der Waals surface area (Å²) < 4.78 is 0. The first-order chi connectivity index (χ1) is 6.26. The summed E-state index contributed by atoms with van der Waals surface area (Å²) in [7, 11) is 0. The van der Waals surface area contributed by atoms with Gasteiger partial charge in [-0.25, -0.2) is 0 Å². The van der Waals surface area contributed by atoms with Gasteiger partial charge in [-0.15, -0.1) is 0 Å². The molecule has 2 nitrogen and oxygen atoms in total. The summed E-state index contributed by atoms with van der Waals surface area (Å²) in [5.41, 5.74) is 5.66. The largest absolute Gasteiger partial charge is 0.331 e. The highest BCUT2D eigenvalue weighted by molar-refractivity contribution is 5.95. The number of nitrogens with two attached hydrogens (primary N) is 1. The van der Waals surface area contributed by atoms with E-state index in [-0.39, 0.29) is 5.78 Å². The van der Waals surface area contributed by atoms with Crippen LogP contribution in [0, 0.1) is 0 Å². The van der Waals surface area contributed by atoms with Gasteiger partial charge in [0, 0.05) is 12.0 Å². The van der Waals surface area contributed by atoms with Crippen LogP contribution in [0.25, 0.3) is 0 Å². The van der Waals surface area contributed by atoms with Crippen LogP contribution < -0.4 is 5.73 Å². The second-order valence-corrected chi connectivity index (χ2v) is 2.55. The minimum absolute atomic E-state index is 0.209. The number of ketones is 1. The molecule has 0 aliphatic carbocycles. The summed E-state index contributed by atoms with van der Waals surface area (Å²) in [6.07, 6.45) is 0.587. The first kappa shape index (κ1) is 11.8. The fourth-order valence-corrected chi connectivity index (χ4v) is 0.828. The van der Waals surface area contributed by atoms with Crippen molar-refractivity contribution in [2.24, 2.45) is 5.73 Å². The first-order valence-corrected chi connectivity index (χ1v) is 4.54. The average molecular weight is 179 g/mol. The normalized spacial score (nSPS) is 8.54. The van der Waals surface area contributed by atoms with Crippen molar-refractivity contribution in [3.63, 3.8) is 0 Å². The van der Waals surface area contributed by atoms with Crippen LogP contribution in [0.1, 0.15) is 30.6 Å². The second-order valence-electron chi connectivity index (χ2n) is 2.55. The second kappa shape index (κ2) is 7.50. The molecule has 0 aromatic heterocycles. The molecular weight excluding hydrogens is 162 g/mol. The number of rotatable bonds is 2. The topological polar surface area (TPSA) is 43.1 Å². The molecule has 1 rings (SSSR count). The van der Waals surface area contributed by atoms with Gasteiger partial charge in [-0.3, -0.25) is 4.79 Å². The molecule has 0 bridgehead atoms. The van der Waals surface area contributed by atoms with Gasteiger partial charge < -0.3 is 5.73 Å². The Labute approximate surface area is 79.8 Å². The molecular formula is C11H17NO. The summed E-state index contributed by atoms with van der Waals surface area (Å²) >= 11 is 0. The van der Waals surface area contributed by atoms with E-state index in [2.05, 4.69) is 0 Å². The van der Waals surface area contributed by atoms with Gasteiger partial charge in [-0.05, 0) is 6.54 Å². The quantitative estimate of drug-likeness (QED) is 0.707. The van der Waals surface area contributed by atoms with E-state index in [1.165, 1.54) is 0 Å². The number of carbonyl (C=O) groups excluding carboxylic acids is 1. The van der Waals surface area contributed by atoms with E-state index in [1.54, 1.807) is 0 Å². The average Bonchev–Trinajstić information content (AvgIpc) is 2.19. The lowest BCUT2D eigenvalue weighted by Crippen LogP contribution is -1.94. The zero-order valence-corrected chi connectivity index (χ0v) is 8.29. The Hall–Kier alpha value is -1.15. The predicted molar refractivity (Wildman–Crippen MR) is 55.8 cm³/mol. The van der Waals surface area contributed by atoms with Crippen LogP contribution in [0.5, 0.6) is 0 Å². The van der Waals surface area contributed by atoms with Crippen molar-refractivity contribution in [3.8, 4) is 0 Å². The molecule has 0 saturated heterocycles. The molecule has 0 fully saturated rings. The third kappa shape index (κ3) is 5.15. The van der Waals surface area contributed by atoms with Crippen molar-refractivity contribution < 1.29 is 4.79 Å². The molecule has 0 aliphatic heterocycles. The van der Waals surface area contributed by atoms with Crippen molar-refractivity contribution in [2.45, 2.75) is 20.3 Å². The van der Waals surface area contributed by atoms with Crippen LogP contribution in [0.4, 0.5) is 0 Å². The van der Waals surface area contributed by atoms with Crippen molar-refractivity contribution in [1.29, 1.82) is 0 Å². The Morgan fingerprint density at radius 3 is 2.08 bits per heavy atom. The van der Waals surface area contributed by atoms with Gasteiger partial charge in [0.1, 0.15) is 0 Å². The highest BCUT2D eigenvalue weighted by Gasteiger charge is 1.98. The lowest BCUT2D eigenvalue weighted by Gasteiger charge is -1.93. The molecule has 0 heterocycles. The van der Waals surface area contributed by atoms with Crippen LogP contribution in [-0.2, 0) is 0 Å². The first-order valence-electron chi connectivity index (χ1n) is 4.54. The SMILES string of the molecule is CCC(=O)c1ccccc1.CCN. The van der Waals surface area contributed by atoms with Crippen molar-refractivity contribution in [2.75, 3.05) is 6.54 Å². The van der Waals surface area contributed by atoms with Crippen LogP contribution in [0.15, 0.2) is 30.3 Å². The molecule has 0 unspecified atom stereocenters. The van der Waals surface area contributed by atoms with Gasteiger partial charge in [-0.2, -0.15) is 0 Å². The Morgan fingerprint density at radius 1 is 1.23 bits per heavy atom. The molecule has 0 atom stereocenters. The van der Waals surface area contributed by atoms with E-state index in [0.717, 1.165) is 12.1 Å². The maximum atomic E-state index is 11.0.